The SMILES string of the molecule is [Ge][N](c1ccccc1)[N]([Ge])c1ccccc1. The summed E-state index contributed by atoms with van der Waals surface area (Å²) in [5.41, 5.74) is 2.35. The number of hydrogen-bond donors (Lipinski definition) is 0. The Morgan fingerprint density at radius 2 is 0.875 bits per heavy atom. The van der Waals surface area contributed by atoms with Gasteiger partial charge in [-0.2, -0.15) is 0 Å². The Morgan fingerprint density at radius 3 is 1.19 bits per heavy atom. The van der Waals surface area contributed by atoms with Gasteiger partial charge in [-0.1, -0.05) is 0 Å². The third kappa shape index (κ3) is 2.62. The van der Waals surface area contributed by atoms with Crippen LogP contribution in [0.1, 0.15) is 0 Å². The average Bonchev–Trinajstić information content (AvgIpc) is 2.39. The number of anilines is 2. The number of hydrogen-bond acceptors (Lipinski definition) is 2. The van der Waals surface area contributed by atoms with Gasteiger partial charge in [0, 0.05) is 0 Å². The third-order valence-electron chi connectivity index (χ3n) is 2.20. The van der Waals surface area contributed by atoms with Crippen LogP contribution < -0.4 is 7.93 Å². The van der Waals surface area contributed by atoms with E-state index in [1.165, 1.54) is 11.4 Å². The first-order valence-electron chi connectivity index (χ1n) is 4.92. The molecule has 0 saturated heterocycles. The Kier molecular flexibility index (Phi) is 3.96. The van der Waals surface area contributed by atoms with Crippen LogP contribution in [0.25, 0.3) is 0 Å². The van der Waals surface area contributed by atoms with Crippen molar-refractivity contribution in [2.24, 2.45) is 0 Å². The van der Waals surface area contributed by atoms with Gasteiger partial charge in [-0.15, -0.1) is 0 Å². The molecule has 0 atom stereocenters. The monoisotopic (exact) mass is 330 g/mol. The van der Waals surface area contributed by atoms with Gasteiger partial charge < -0.3 is 0 Å². The van der Waals surface area contributed by atoms with Crippen LogP contribution in [-0.2, 0) is 0 Å². The van der Waals surface area contributed by atoms with Gasteiger partial charge >= 0.3 is 113 Å². The van der Waals surface area contributed by atoms with E-state index in [4.69, 9.17) is 0 Å². The molecule has 16 heavy (non-hydrogen) atoms. The zero-order chi connectivity index (χ0) is 11.4. The number of hydrazine groups is 1. The molecule has 0 unspecified atom stereocenters. The Labute approximate surface area is 113 Å². The maximum absolute atomic E-state index is 2.12. The van der Waals surface area contributed by atoms with Crippen LogP contribution in [0.5, 0.6) is 0 Å². The van der Waals surface area contributed by atoms with Crippen LogP contribution in [0.15, 0.2) is 60.7 Å². The Hall–Kier alpha value is -0.874. The molecule has 0 bridgehead atoms. The van der Waals surface area contributed by atoms with Gasteiger partial charge in [0.15, 0.2) is 0 Å². The standard InChI is InChI=1S/C12H10Ge2N2/c13-15(11-7-3-1-4-8-11)16(14)12-9-5-2-6-10-12/h1-10H. The molecule has 0 heterocycles. The first-order chi connectivity index (χ1) is 7.79. The van der Waals surface area contributed by atoms with Gasteiger partial charge in [-0.25, -0.2) is 0 Å². The quantitative estimate of drug-likeness (QED) is 0.629. The molecule has 0 aliphatic carbocycles. The fourth-order valence-electron chi connectivity index (χ4n) is 1.37. The van der Waals surface area contributed by atoms with Gasteiger partial charge in [0.05, 0.1) is 0 Å². The van der Waals surface area contributed by atoms with Gasteiger partial charge in [-0.3, -0.25) is 0 Å². The average molecular weight is 327 g/mol. The molecule has 0 amide bonds. The second kappa shape index (κ2) is 5.45. The molecule has 2 nitrogen and oxygen atoms in total. The minimum absolute atomic E-state index is 1.17. The van der Waals surface area contributed by atoms with E-state index in [0.717, 1.165) is 0 Å². The number of rotatable bonds is 3. The van der Waals surface area contributed by atoms with Gasteiger partial charge in [0.2, 0.25) is 0 Å². The first kappa shape index (κ1) is 11.6. The first-order valence-corrected chi connectivity index (χ1v) is 6.79. The second-order valence-electron chi connectivity index (χ2n) is 3.29. The molecule has 0 fully saturated rings. The van der Waals surface area contributed by atoms with E-state index in [1.807, 2.05) is 36.4 Å². The normalized spacial score (nSPS) is 9.88. The van der Waals surface area contributed by atoms with Crippen LogP contribution in [0.3, 0.4) is 0 Å². The Bertz CT molecular complexity index is 390. The van der Waals surface area contributed by atoms with Crippen molar-refractivity contribution in [3.8, 4) is 0 Å². The van der Waals surface area contributed by atoms with Crippen molar-refractivity contribution in [1.82, 2.24) is 0 Å². The number of benzene rings is 2. The summed E-state index contributed by atoms with van der Waals surface area (Å²) in [5.74, 6) is 0. The third-order valence-corrected chi connectivity index (χ3v) is 5.00. The van der Waals surface area contributed by atoms with Crippen molar-refractivity contribution in [2.75, 3.05) is 7.93 Å². The molecule has 2 rings (SSSR count). The van der Waals surface area contributed by atoms with Crippen molar-refractivity contribution in [3.63, 3.8) is 0 Å². The molecule has 76 valence electrons. The second-order valence-corrected chi connectivity index (χ2v) is 5.07. The van der Waals surface area contributed by atoms with Crippen LogP contribution >= 0.6 is 0 Å². The molecule has 4 heteroatoms. The van der Waals surface area contributed by atoms with E-state index in [1.54, 1.807) is 0 Å². The predicted octanol–water partition coefficient (Wildman–Crippen LogP) is 2.08. The summed E-state index contributed by atoms with van der Waals surface area (Å²) >= 11 is 4.12. The number of nitrogens with zero attached hydrogens (tertiary/aromatic N) is 2. The molecule has 0 spiro atoms. The predicted molar refractivity (Wildman–Crippen MR) is 69.4 cm³/mol. The van der Waals surface area contributed by atoms with E-state index in [9.17, 15) is 0 Å². The van der Waals surface area contributed by atoms with Gasteiger partial charge in [0.25, 0.3) is 0 Å². The van der Waals surface area contributed by atoms with E-state index in [2.05, 4.69) is 65.7 Å². The molecule has 0 saturated carbocycles. The van der Waals surface area contributed by atoms with E-state index in [0.29, 0.717) is 0 Å². The zero-order valence-electron chi connectivity index (χ0n) is 8.67. The van der Waals surface area contributed by atoms with Crippen molar-refractivity contribution in [1.29, 1.82) is 0 Å². The molecule has 2 aromatic carbocycles. The van der Waals surface area contributed by atoms with Crippen LogP contribution in [0, 0.1) is 0 Å². The summed E-state index contributed by atoms with van der Waals surface area (Å²) in [6, 6.07) is 20.6. The molecule has 2 aromatic rings. The summed E-state index contributed by atoms with van der Waals surface area (Å²) < 4.78 is 4.24. The summed E-state index contributed by atoms with van der Waals surface area (Å²) in [6.45, 7) is 0. The maximum atomic E-state index is 2.12. The van der Waals surface area contributed by atoms with Crippen molar-refractivity contribution in [3.05, 3.63) is 60.7 Å². The van der Waals surface area contributed by atoms with Crippen LogP contribution in [0.2, 0.25) is 0 Å². The van der Waals surface area contributed by atoms with E-state index >= 15 is 0 Å². The molecule has 6 radical (unpaired) electrons. The van der Waals surface area contributed by atoms with E-state index in [-0.39, 0.29) is 0 Å². The molecule has 0 aliphatic rings. The van der Waals surface area contributed by atoms with Crippen molar-refractivity contribution < 1.29 is 0 Å². The Morgan fingerprint density at radius 1 is 0.562 bits per heavy atom. The summed E-state index contributed by atoms with van der Waals surface area (Å²) in [5, 5.41) is 0. The van der Waals surface area contributed by atoms with Gasteiger partial charge in [0.1, 0.15) is 0 Å². The zero-order valence-corrected chi connectivity index (χ0v) is 12.9. The summed E-state index contributed by atoms with van der Waals surface area (Å²) in [7, 11) is 0. The molecule has 0 aromatic heterocycles. The minimum atomic E-state index is 1.17. The fraction of sp³-hybridized carbons (Fsp3) is 0. The van der Waals surface area contributed by atoms with Crippen molar-refractivity contribution >= 4 is 44.8 Å². The van der Waals surface area contributed by atoms with Crippen molar-refractivity contribution in [2.45, 2.75) is 0 Å². The van der Waals surface area contributed by atoms with Gasteiger partial charge in [-0.05, 0) is 0 Å². The van der Waals surface area contributed by atoms with E-state index < -0.39 is 0 Å². The Balaban J connectivity index is 2.20. The van der Waals surface area contributed by atoms with Crippen LogP contribution in [-0.4, -0.2) is 33.5 Å². The molecule has 0 aliphatic heterocycles. The fourth-order valence-corrected chi connectivity index (χ4v) is 2.48. The summed E-state index contributed by atoms with van der Waals surface area (Å²) in [6.07, 6.45) is 0. The molecular formula is C12H10Ge2N2. The molecular weight excluding hydrogens is 317 g/mol. The van der Waals surface area contributed by atoms with Crippen LogP contribution in [0.4, 0.5) is 11.4 Å². The number of para-hydroxylation sites is 2. The molecule has 0 N–H and O–H groups in total. The summed E-state index contributed by atoms with van der Waals surface area (Å²) in [4.78, 5) is 0. The topological polar surface area (TPSA) is 6.48 Å².